The Morgan fingerprint density at radius 2 is 2.12 bits per heavy atom. The molecule has 1 heterocycles. The molecule has 2 rings (SSSR count). The van der Waals surface area contributed by atoms with Crippen LogP contribution in [0.2, 0.25) is 0 Å². The van der Waals surface area contributed by atoms with Gasteiger partial charge in [-0.3, -0.25) is 0 Å². The minimum atomic E-state index is 0.421. The van der Waals surface area contributed by atoms with E-state index in [4.69, 9.17) is 9.47 Å². The molecule has 2 atom stereocenters. The summed E-state index contributed by atoms with van der Waals surface area (Å²) in [4.78, 5) is 0. The summed E-state index contributed by atoms with van der Waals surface area (Å²) in [5.74, 6) is 0.966. The molecule has 100 valence electrons. The van der Waals surface area contributed by atoms with Gasteiger partial charge < -0.3 is 14.8 Å². The van der Waals surface area contributed by atoms with Crippen LogP contribution in [-0.2, 0) is 9.47 Å². The second-order valence-corrected chi connectivity index (χ2v) is 5.49. The first-order valence-corrected chi connectivity index (χ1v) is 7.29. The second-order valence-electron chi connectivity index (χ2n) is 5.49. The van der Waals surface area contributed by atoms with Gasteiger partial charge in [-0.25, -0.2) is 0 Å². The van der Waals surface area contributed by atoms with Crippen LogP contribution in [0.15, 0.2) is 0 Å². The van der Waals surface area contributed by atoms with Crippen molar-refractivity contribution < 1.29 is 9.47 Å². The van der Waals surface area contributed by atoms with Gasteiger partial charge in [0.2, 0.25) is 0 Å². The molecule has 1 saturated heterocycles. The maximum Gasteiger partial charge on any atom is 0.0726 e. The van der Waals surface area contributed by atoms with Crippen LogP contribution in [0.5, 0.6) is 0 Å². The third-order valence-corrected chi connectivity index (χ3v) is 4.13. The van der Waals surface area contributed by atoms with Crippen molar-refractivity contribution in [2.75, 3.05) is 26.4 Å². The summed E-state index contributed by atoms with van der Waals surface area (Å²) in [6.07, 6.45) is 8.40. The van der Waals surface area contributed by atoms with E-state index >= 15 is 0 Å². The average molecular weight is 241 g/mol. The molecule has 1 aliphatic heterocycles. The van der Waals surface area contributed by atoms with Crippen LogP contribution in [0.4, 0.5) is 0 Å². The van der Waals surface area contributed by atoms with E-state index in [1.807, 2.05) is 0 Å². The Morgan fingerprint density at radius 3 is 2.76 bits per heavy atom. The summed E-state index contributed by atoms with van der Waals surface area (Å²) in [6.45, 7) is 5.88. The summed E-state index contributed by atoms with van der Waals surface area (Å²) < 4.78 is 11.3. The molecular weight excluding hydrogens is 214 g/mol. The van der Waals surface area contributed by atoms with E-state index in [9.17, 15) is 0 Å². The molecule has 2 unspecified atom stereocenters. The lowest BCUT2D eigenvalue weighted by molar-refractivity contribution is 0.0737. The van der Waals surface area contributed by atoms with E-state index < -0.39 is 0 Å². The minimum Gasteiger partial charge on any atom is -0.380 e. The maximum atomic E-state index is 5.65. The Kier molecular flexibility index (Phi) is 5.75. The first kappa shape index (κ1) is 13.3. The highest BCUT2D eigenvalue weighted by atomic mass is 16.5. The van der Waals surface area contributed by atoms with Crippen LogP contribution in [0, 0.1) is 5.92 Å². The van der Waals surface area contributed by atoms with Crippen molar-refractivity contribution in [2.45, 2.75) is 57.6 Å². The fraction of sp³-hybridized carbons (Fsp3) is 1.00. The molecule has 0 amide bonds. The van der Waals surface area contributed by atoms with Crippen LogP contribution >= 0.6 is 0 Å². The molecule has 0 aromatic carbocycles. The molecule has 0 spiro atoms. The Balaban J connectivity index is 1.39. The van der Waals surface area contributed by atoms with Gasteiger partial charge >= 0.3 is 0 Å². The maximum absolute atomic E-state index is 5.65. The van der Waals surface area contributed by atoms with E-state index in [2.05, 4.69) is 12.2 Å². The van der Waals surface area contributed by atoms with Gasteiger partial charge in [-0.1, -0.05) is 19.3 Å². The van der Waals surface area contributed by atoms with Gasteiger partial charge in [-0.2, -0.15) is 0 Å². The predicted molar refractivity (Wildman–Crippen MR) is 69.2 cm³/mol. The number of nitrogens with one attached hydrogen (secondary N) is 1. The van der Waals surface area contributed by atoms with Crippen LogP contribution < -0.4 is 5.32 Å². The molecule has 2 fully saturated rings. The largest absolute Gasteiger partial charge is 0.380 e. The third-order valence-electron chi connectivity index (χ3n) is 4.13. The van der Waals surface area contributed by atoms with Crippen molar-refractivity contribution in [3.8, 4) is 0 Å². The highest BCUT2D eigenvalue weighted by Crippen LogP contribution is 2.28. The minimum absolute atomic E-state index is 0.421. The summed E-state index contributed by atoms with van der Waals surface area (Å²) in [6, 6.07) is 0.465. The summed E-state index contributed by atoms with van der Waals surface area (Å²) in [7, 11) is 0. The molecule has 1 saturated carbocycles. The van der Waals surface area contributed by atoms with Crippen LogP contribution in [0.25, 0.3) is 0 Å². The van der Waals surface area contributed by atoms with Gasteiger partial charge in [0.25, 0.3) is 0 Å². The first-order chi connectivity index (χ1) is 8.36. The molecule has 0 radical (unpaired) electrons. The van der Waals surface area contributed by atoms with Crippen molar-refractivity contribution in [2.24, 2.45) is 5.92 Å². The van der Waals surface area contributed by atoms with Crippen molar-refractivity contribution in [3.63, 3.8) is 0 Å². The molecule has 0 bridgehead atoms. The third kappa shape index (κ3) is 4.57. The lowest BCUT2D eigenvalue weighted by atomic mass is 9.83. The number of hydrogen-bond acceptors (Lipinski definition) is 3. The van der Waals surface area contributed by atoms with Crippen LogP contribution in [0.1, 0.15) is 45.4 Å². The molecular formula is C14H27NO2. The van der Waals surface area contributed by atoms with Gasteiger partial charge in [0.1, 0.15) is 0 Å². The van der Waals surface area contributed by atoms with E-state index in [1.165, 1.54) is 38.5 Å². The van der Waals surface area contributed by atoms with Gasteiger partial charge in [0.05, 0.1) is 12.7 Å². The molecule has 3 heteroatoms. The van der Waals surface area contributed by atoms with Gasteiger partial charge in [-0.15, -0.1) is 0 Å². The smallest absolute Gasteiger partial charge is 0.0726 e. The highest BCUT2D eigenvalue weighted by molar-refractivity contribution is 4.76. The fourth-order valence-electron chi connectivity index (χ4n) is 2.62. The zero-order chi connectivity index (χ0) is 11.9. The standard InChI is InChI=1S/C14H27NO2/c1-12(14-6-3-9-17-14)15-8-11-16-10-7-13-4-2-5-13/h12-15H,2-11H2,1H3. The Labute approximate surface area is 105 Å². The van der Waals surface area contributed by atoms with E-state index in [-0.39, 0.29) is 0 Å². The molecule has 2 aliphatic rings. The molecule has 1 aliphatic carbocycles. The van der Waals surface area contributed by atoms with Gasteiger partial charge in [0, 0.05) is 25.8 Å². The van der Waals surface area contributed by atoms with E-state index in [0.717, 1.165) is 32.3 Å². The lowest BCUT2D eigenvalue weighted by Gasteiger charge is -2.25. The lowest BCUT2D eigenvalue weighted by Crippen LogP contribution is -2.38. The highest BCUT2D eigenvalue weighted by Gasteiger charge is 2.21. The summed E-state index contributed by atoms with van der Waals surface area (Å²) >= 11 is 0. The molecule has 1 N–H and O–H groups in total. The first-order valence-electron chi connectivity index (χ1n) is 7.29. The quantitative estimate of drug-likeness (QED) is 0.662. The van der Waals surface area contributed by atoms with E-state index in [0.29, 0.717) is 12.1 Å². The molecule has 3 nitrogen and oxygen atoms in total. The number of ether oxygens (including phenoxy) is 2. The molecule has 0 aromatic heterocycles. The Bertz CT molecular complexity index is 200. The van der Waals surface area contributed by atoms with E-state index in [1.54, 1.807) is 0 Å². The topological polar surface area (TPSA) is 30.5 Å². The fourth-order valence-corrected chi connectivity index (χ4v) is 2.62. The molecule has 0 aromatic rings. The monoisotopic (exact) mass is 241 g/mol. The number of hydrogen-bond donors (Lipinski definition) is 1. The van der Waals surface area contributed by atoms with Crippen LogP contribution in [0.3, 0.4) is 0 Å². The van der Waals surface area contributed by atoms with Crippen molar-refractivity contribution in [1.29, 1.82) is 0 Å². The average Bonchev–Trinajstić information content (AvgIpc) is 2.78. The van der Waals surface area contributed by atoms with Crippen molar-refractivity contribution >= 4 is 0 Å². The predicted octanol–water partition coefficient (Wildman–Crippen LogP) is 2.35. The summed E-state index contributed by atoms with van der Waals surface area (Å²) in [5, 5.41) is 3.49. The van der Waals surface area contributed by atoms with Crippen LogP contribution in [-0.4, -0.2) is 38.5 Å². The second kappa shape index (κ2) is 7.34. The summed E-state index contributed by atoms with van der Waals surface area (Å²) in [5.41, 5.74) is 0. The SMILES string of the molecule is CC(NCCOCCC1CCC1)C1CCCO1. The van der Waals surface area contributed by atoms with Gasteiger partial charge in [0.15, 0.2) is 0 Å². The Morgan fingerprint density at radius 1 is 1.24 bits per heavy atom. The number of rotatable bonds is 8. The van der Waals surface area contributed by atoms with Gasteiger partial charge in [-0.05, 0) is 32.1 Å². The zero-order valence-electron chi connectivity index (χ0n) is 11.1. The molecule has 17 heavy (non-hydrogen) atoms. The zero-order valence-corrected chi connectivity index (χ0v) is 11.1. The van der Waals surface area contributed by atoms with Crippen molar-refractivity contribution in [3.05, 3.63) is 0 Å². The Hall–Kier alpha value is -0.120. The normalized spacial score (nSPS) is 27.0. The van der Waals surface area contributed by atoms with Crippen molar-refractivity contribution in [1.82, 2.24) is 5.32 Å².